The maximum absolute atomic E-state index is 6.17. The molecule has 0 bridgehead atoms. The van der Waals surface area contributed by atoms with Gasteiger partial charge < -0.3 is 5.32 Å². The summed E-state index contributed by atoms with van der Waals surface area (Å²) in [5.41, 5.74) is 3.08. The maximum atomic E-state index is 6.17. The predicted octanol–water partition coefficient (Wildman–Crippen LogP) is 6.34. The number of nitrogens with one attached hydrogen (secondary N) is 1. The zero-order valence-electron chi connectivity index (χ0n) is 15.7. The molecule has 0 amide bonds. The van der Waals surface area contributed by atoms with E-state index in [0.717, 1.165) is 31.0 Å². The molecule has 2 nitrogen and oxygen atoms in total. The van der Waals surface area contributed by atoms with Gasteiger partial charge in [-0.1, -0.05) is 76.1 Å². The van der Waals surface area contributed by atoms with E-state index in [1.807, 2.05) is 6.07 Å². The minimum atomic E-state index is -0.414. The Morgan fingerprint density at radius 2 is 1.96 bits per heavy atom. The number of hydrogen-bond donors (Lipinski definition) is 1. The van der Waals surface area contributed by atoms with Crippen molar-refractivity contribution in [2.45, 2.75) is 31.2 Å². The van der Waals surface area contributed by atoms with Gasteiger partial charge in [0.2, 0.25) is 0 Å². The number of nitrogens with zero attached hydrogens (tertiary/aromatic N) is 1. The van der Waals surface area contributed by atoms with Gasteiger partial charge >= 0.3 is 0 Å². The molecule has 2 aliphatic carbocycles. The molecule has 2 aromatic rings. The second-order valence-corrected chi connectivity index (χ2v) is 9.05. The van der Waals surface area contributed by atoms with E-state index >= 15 is 0 Å². The van der Waals surface area contributed by atoms with Crippen LogP contribution in [-0.4, -0.2) is 11.5 Å². The molecule has 1 heterocycles. The topological polar surface area (TPSA) is 24.9 Å². The lowest BCUT2D eigenvalue weighted by Crippen LogP contribution is -2.47. The Hall–Kier alpha value is -1.68. The largest absolute Gasteiger partial charge is 0.302 e. The van der Waals surface area contributed by atoms with Crippen LogP contribution in [0.25, 0.3) is 0 Å². The summed E-state index contributed by atoms with van der Waals surface area (Å²) in [5, 5.41) is 4.58. The summed E-state index contributed by atoms with van der Waals surface area (Å²) < 4.78 is 1.17. The average Bonchev–Trinajstić information content (AvgIpc) is 3.55. The first-order chi connectivity index (χ1) is 13.7. The van der Waals surface area contributed by atoms with Crippen LogP contribution in [0.4, 0.5) is 0 Å². The third-order valence-electron chi connectivity index (χ3n) is 5.40. The van der Waals surface area contributed by atoms with Crippen molar-refractivity contribution >= 4 is 27.5 Å². The summed E-state index contributed by atoms with van der Waals surface area (Å²) in [6.45, 7) is 0.990. The average molecular weight is 456 g/mol. The van der Waals surface area contributed by atoms with Gasteiger partial charge in [-0.3, -0.25) is 4.98 Å². The lowest BCUT2D eigenvalue weighted by Gasteiger charge is -2.37. The van der Waals surface area contributed by atoms with Crippen LogP contribution in [-0.2, 0) is 12.0 Å². The van der Waals surface area contributed by atoms with Gasteiger partial charge in [-0.25, -0.2) is 0 Å². The number of hydrogen-bond acceptors (Lipinski definition) is 2. The molecule has 4 heteroatoms. The van der Waals surface area contributed by atoms with Gasteiger partial charge in [0, 0.05) is 12.6 Å². The van der Waals surface area contributed by atoms with Gasteiger partial charge in [-0.05, 0) is 65.6 Å². The molecule has 0 saturated heterocycles. The van der Waals surface area contributed by atoms with Crippen molar-refractivity contribution in [1.29, 1.82) is 0 Å². The normalized spacial score (nSPS) is 18.8. The van der Waals surface area contributed by atoms with Crippen molar-refractivity contribution in [3.63, 3.8) is 0 Å². The van der Waals surface area contributed by atoms with Crippen molar-refractivity contribution in [3.8, 4) is 0 Å². The van der Waals surface area contributed by atoms with Crippen LogP contribution in [0, 0.1) is 5.92 Å². The van der Waals surface area contributed by atoms with E-state index in [0.29, 0.717) is 5.02 Å². The van der Waals surface area contributed by atoms with Crippen LogP contribution >= 0.6 is 27.5 Å². The smallest absolute Gasteiger partial charge is 0.0904 e. The van der Waals surface area contributed by atoms with E-state index < -0.39 is 5.54 Å². The highest BCUT2D eigenvalue weighted by Crippen LogP contribution is 2.38. The molecule has 1 unspecified atom stereocenters. The summed E-state index contributed by atoms with van der Waals surface area (Å²) >= 11 is 9.90. The Labute approximate surface area is 180 Å². The fraction of sp³-hybridized carbons (Fsp3) is 0.292. The highest BCUT2D eigenvalue weighted by atomic mass is 79.9. The number of pyridine rings is 1. The first kappa shape index (κ1) is 19.6. The van der Waals surface area contributed by atoms with Gasteiger partial charge in [0.25, 0.3) is 0 Å². The third-order valence-corrected chi connectivity index (χ3v) is 6.17. The number of aromatic nitrogens is 1. The van der Waals surface area contributed by atoms with E-state index in [2.05, 4.69) is 81.9 Å². The molecule has 0 spiro atoms. The lowest BCUT2D eigenvalue weighted by molar-refractivity contribution is 0.378. The lowest BCUT2D eigenvalue weighted by atomic mass is 9.79. The second kappa shape index (κ2) is 8.77. The quantitative estimate of drug-likeness (QED) is 0.527. The van der Waals surface area contributed by atoms with Crippen LogP contribution in [0.5, 0.6) is 0 Å². The van der Waals surface area contributed by atoms with Crippen LogP contribution in [0.2, 0.25) is 5.02 Å². The minimum absolute atomic E-state index is 0.414. The van der Waals surface area contributed by atoms with Crippen LogP contribution in [0.1, 0.15) is 30.5 Å². The van der Waals surface area contributed by atoms with E-state index in [1.165, 1.54) is 28.5 Å². The molecule has 0 radical (unpaired) electrons. The van der Waals surface area contributed by atoms with Gasteiger partial charge in [0.1, 0.15) is 0 Å². The van der Waals surface area contributed by atoms with E-state index in [9.17, 15) is 0 Å². The van der Waals surface area contributed by atoms with Crippen molar-refractivity contribution < 1.29 is 0 Å². The zero-order valence-corrected chi connectivity index (χ0v) is 18.1. The number of halogens is 2. The van der Waals surface area contributed by atoms with Crippen LogP contribution in [0.15, 0.2) is 83.0 Å². The van der Waals surface area contributed by atoms with Gasteiger partial charge in [0.05, 0.1) is 16.3 Å². The summed E-state index contributed by atoms with van der Waals surface area (Å²) in [6, 6.07) is 14.6. The summed E-state index contributed by atoms with van der Waals surface area (Å²) in [6.07, 6.45) is 14.9. The maximum Gasteiger partial charge on any atom is 0.0904 e. The van der Waals surface area contributed by atoms with E-state index in [-0.39, 0.29) is 0 Å². The number of benzene rings is 1. The predicted molar refractivity (Wildman–Crippen MR) is 121 cm³/mol. The van der Waals surface area contributed by atoms with Crippen molar-refractivity contribution in [3.05, 3.63) is 99.3 Å². The molecular formula is C24H24BrClN2. The highest BCUT2D eigenvalue weighted by molar-refractivity contribution is 9.11. The minimum Gasteiger partial charge on any atom is -0.302 e. The Kier molecular flexibility index (Phi) is 6.15. The third kappa shape index (κ3) is 4.65. The zero-order chi connectivity index (χ0) is 19.4. The molecule has 4 rings (SSSR count). The van der Waals surface area contributed by atoms with Crippen molar-refractivity contribution in [1.82, 2.24) is 10.3 Å². The Morgan fingerprint density at radius 3 is 2.68 bits per heavy atom. The number of allylic oxidation sites excluding steroid dienone is 4. The monoisotopic (exact) mass is 454 g/mol. The molecule has 28 heavy (non-hydrogen) atoms. The van der Waals surface area contributed by atoms with Crippen LogP contribution in [0.3, 0.4) is 0 Å². The Morgan fingerprint density at radius 1 is 1.14 bits per heavy atom. The van der Waals surface area contributed by atoms with Gasteiger partial charge in [0.15, 0.2) is 0 Å². The first-order valence-electron chi connectivity index (χ1n) is 9.80. The second-order valence-electron chi connectivity index (χ2n) is 7.60. The molecule has 1 saturated carbocycles. The van der Waals surface area contributed by atoms with Gasteiger partial charge in [-0.2, -0.15) is 0 Å². The van der Waals surface area contributed by atoms with E-state index in [1.54, 1.807) is 6.20 Å². The molecular weight excluding hydrogens is 432 g/mol. The van der Waals surface area contributed by atoms with Crippen LogP contribution < -0.4 is 5.32 Å². The molecule has 1 aromatic heterocycles. The summed E-state index contributed by atoms with van der Waals surface area (Å²) in [5.74, 6) is 0.761. The van der Waals surface area contributed by atoms with Crippen molar-refractivity contribution in [2.24, 2.45) is 5.92 Å². The first-order valence-corrected chi connectivity index (χ1v) is 11.0. The SMILES string of the molecule is Clc1ccc(C(Cc2ccccc2)(NCC2CC2)C2=CC=CCC(Br)=C2)nc1. The molecule has 1 N–H and O–H groups in total. The molecule has 144 valence electrons. The molecule has 0 aliphatic heterocycles. The molecule has 2 aliphatic rings. The number of rotatable bonds is 7. The Balaban J connectivity index is 1.84. The fourth-order valence-corrected chi connectivity index (χ4v) is 4.21. The Bertz CT molecular complexity index is 898. The summed E-state index contributed by atoms with van der Waals surface area (Å²) in [7, 11) is 0. The van der Waals surface area contributed by atoms with Gasteiger partial charge in [-0.15, -0.1) is 0 Å². The highest BCUT2D eigenvalue weighted by Gasteiger charge is 2.38. The van der Waals surface area contributed by atoms with Crippen molar-refractivity contribution in [2.75, 3.05) is 6.54 Å². The summed E-state index contributed by atoms with van der Waals surface area (Å²) in [4.78, 5) is 4.77. The molecule has 1 fully saturated rings. The molecule has 1 aromatic carbocycles. The fourth-order valence-electron chi connectivity index (χ4n) is 3.66. The van der Waals surface area contributed by atoms with E-state index in [4.69, 9.17) is 16.6 Å². The molecule has 1 atom stereocenters. The standard InChI is InChI=1S/C24H24BrClN2/c25-21-9-5-4-8-20(14-21)24(28-16-19-10-11-19,15-18-6-2-1-3-7-18)23-13-12-22(26)17-27-23/h1-8,12-14,17,19,28H,9-11,15-16H2.